The smallest absolute Gasteiger partial charge is 0.187 e. The van der Waals surface area contributed by atoms with Gasteiger partial charge in [-0.1, -0.05) is 18.2 Å². The quantitative estimate of drug-likeness (QED) is 0.421. The van der Waals surface area contributed by atoms with Crippen molar-refractivity contribution in [2.24, 2.45) is 0 Å². The third-order valence-electron chi connectivity index (χ3n) is 1.83. The van der Waals surface area contributed by atoms with Crippen molar-refractivity contribution in [1.29, 1.82) is 0 Å². The second-order valence-electron chi connectivity index (χ2n) is 2.88. The fraction of sp³-hybridized carbons (Fsp3) is 0.273. The zero-order valence-corrected chi connectivity index (χ0v) is 8.42. The van der Waals surface area contributed by atoms with Crippen LogP contribution in [0, 0.1) is 6.57 Å². The van der Waals surface area contributed by atoms with E-state index in [2.05, 4.69) is 4.85 Å². The van der Waals surface area contributed by atoms with Crippen LogP contribution >= 0.6 is 11.6 Å². The number of alkyl halides is 1. The number of hydrogen-bond donors (Lipinski definition) is 0. The molecule has 1 aromatic rings. The van der Waals surface area contributed by atoms with Gasteiger partial charge in [-0.05, 0) is 12.5 Å². The van der Waals surface area contributed by atoms with Crippen LogP contribution in [-0.4, -0.2) is 11.7 Å². The molecule has 72 valence electrons. The second kappa shape index (κ2) is 5.41. The Balaban J connectivity index is 2.75. The van der Waals surface area contributed by atoms with Crippen LogP contribution in [0.4, 0.5) is 5.69 Å². The highest BCUT2D eigenvalue weighted by atomic mass is 35.5. The molecule has 0 bridgehead atoms. The number of ketones is 1. The molecule has 0 saturated heterocycles. The van der Waals surface area contributed by atoms with Gasteiger partial charge in [-0.25, -0.2) is 4.85 Å². The summed E-state index contributed by atoms with van der Waals surface area (Å²) in [6, 6.07) is 6.75. The number of hydrogen-bond acceptors (Lipinski definition) is 1. The van der Waals surface area contributed by atoms with Crippen molar-refractivity contribution >= 4 is 23.1 Å². The van der Waals surface area contributed by atoms with E-state index in [-0.39, 0.29) is 5.78 Å². The van der Waals surface area contributed by atoms with Crippen molar-refractivity contribution < 1.29 is 4.79 Å². The van der Waals surface area contributed by atoms with Crippen molar-refractivity contribution in [3.8, 4) is 0 Å². The molecule has 0 spiro atoms. The molecule has 1 aromatic carbocycles. The Kier molecular flexibility index (Phi) is 4.15. The highest BCUT2D eigenvalue weighted by Crippen LogP contribution is 2.15. The largest absolute Gasteiger partial charge is 0.294 e. The first kappa shape index (κ1) is 10.7. The van der Waals surface area contributed by atoms with Crippen LogP contribution < -0.4 is 0 Å². The molecule has 2 nitrogen and oxygen atoms in total. The SMILES string of the molecule is [C-]#[N+]c1cccc(C(=O)CCCCl)c1. The summed E-state index contributed by atoms with van der Waals surface area (Å²) in [5.41, 5.74) is 1.10. The molecule has 0 aromatic heterocycles. The average Bonchev–Trinajstić information content (AvgIpc) is 2.26. The van der Waals surface area contributed by atoms with E-state index in [1.807, 2.05) is 0 Å². The summed E-state index contributed by atoms with van der Waals surface area (Å²) in [4.78, 5) is 14.8. The molecule has 0 aliphatic carbocycles. The van der Waals surface area contributed by atoms with Gasteiger partial charge >= 0.3 is 0 Å². The number of carbonyl (C=O) groups is 1. The van der Waals surface area contributed by atoms with E-state index in [1.165, 1.54) is 0 Å². The lowest BCUT2D eigenvalue weighted by molar-refractivity contribution is 0.0982. The first-order valence-corrected chi connectivity index (χ1v) is 4.88. The van der Waals surface area contributed by atoms with Crippen LogP contribution in [0.25, 0.3) is 4.85 Å². The summed E-state index contributed by atoms with van der Waals surface area (Å²) >= 11 is 5.49. The zero-order chi connectivity index (χ0) is 10.4. The van der Waals surface area contributed by atoms with Gasteiger partial charge < -0.3 is 0 Å². The van der Waals surface area contributed by atoms with E-state index in [1.54, 1.807) is 24.3 Å². The molecule has 0 amide bonds. The third-order valence-corrected chi connectivity index (χ3v) is 2.10. The van der Waals surface area contributed by atoms with Gasteiger partial charge in [0, 0.05) is 17.9 Å². The van der Waals surface area contributed by atoms with Gasteiger partial charge in [-0.15, -0.1) is 11.6 Å². The van der Waals surface area contributed by atoms with Gasteiger partial charge in [0.15, 0.2) is 11.5 Å². The number of Topliss-reactive ketones (excluding diaryl/α,β-unsaturated/α-hetero) is 1. The first-order chi connectivity index (χ1) is 6.77. The van der Waals surface area contributed by atoms with Gasteiger partial charge in [0.05, 0.1) is 6.57 Å². The maximum atomic E-state index is 11.5. The van der Waals surface area contributed by atoms with E-state index in [4.69, 9.17) is 18.2 Å². The van der Waals surface area contributed by atoms with E-state index < -0.39 is 0 Å². The van der Waals surface area contributed by atoms with Gasteiger partial charge in [0.25, 0.3) is 0 Å². The molecule has 0 aliphatic rings. The fourth-order valence-electron chi connectivity index (χ4n) is 1.12. The minimum absolute atomic E-state index is 0.0520. The summed E-state index contributed by atoms with van der Waals surface area (Å²) < 4.78 is 0. The van der Waals surface area contributed by atoms with Crippen molar-refractivity contribution in [3.05, 3.63) is 41.2 Å². The Hall–Kier alpha value is -1.33. The molecule has 0 fully saturated rings. The summed E-state index contributed by atoms with van der Waals surface area (Å²) in [7, 11) is 0. The van der Waals surface area contributed by atoms with Crippen LogP contribution in [0.5, 0.6) is 0 Å². The lowest BCUT2D eigenvalue weighted by atomic mass is 10.1. The van der Waals surface area contributed by atoms with Crippen LogP contribution in [-0.2, 0) is 0 Å². The van der Waals surface area contributed by atoms with Crippen molar-refractivity contribution in [2.45, 2.75) is 12.8 Å². The average molecular weight is 208 g/mol. The lowest BCUT2D eigenvalue weighted by Gasteiger charge is -1.99. The molecule has 0 aliphatic heterocycles. The Morgan fingerprint density at radius 1 is 1.50 bits per heavy atom. The molecule has 1 rings (SSSR count). The Morgan fingerprint density at radius 2 is 2.29 bits per heavy atom. The van der Waals surface area contributed by atoms with E-state index in [9.17, 15) is 4.79 Å². The van der Waals surface area contributed by atoms with Gasteiger partial charge in [-0.2, -0.15) is 0 Å². The fourth-order valence-corrected chi connectivity index (χ4v) is 1.25. The van der Waals surface area contributed by atoms with Crippen molar-refractivity contribution in [2.75, 3.05) is 5.88 Å². The molecule has 0 atom stereocenters. The predicted octanol–water partition coefficient (Wildman–Crippen LogP) is 3.44. The van der Waals surface area contributed by atoms with Crippen molar-refractivity contribution in [1.82, 2.24) is 0 Å². The maximum Gasteiger partial charge on any atom is 0.187 e. The maximum absolute atomic E-state index is 11.5. The number of benzene rings is 1. The predicted molar refractivity (Wildman–Crippen MR) is 57.0 cm³/mol. The number of halogens is 1. The number of nitrogens with zero attached hydrogens (tertiary/aromatic N) is 1. The monoisotopic (exact) mass is 207 g/mol. The molecule has 0 unspecified atom stereocenters. The molecule has 0 radical (unpaired) electrons. The van der Waals surface area contributed by atoms with E-state index >= 15 is 0 Å². The number of rotatable bonds is 4. The molecular weight excluding hydrogens is 198 g/mol. The molecule has 14 heavy (non-hydrogen) atoms. The third kappa shape index (κ3) is 2.86. The van der Waals surface area contributed by atoms with Crippen LogP contribution in [0.15, 0.2) is 24.3 Å². The summed E-state index contributed by atoms with van der Waals surface area (Å²) in [6.07, 6.45) is 1.13. The summed E-state index contributed by atoms with van der Waals surface area (Å²) in [5, 5.41) is 0. The molecular formula is C11H10ClNO. The van der Waals surface area contributed by atoms with E-state index in [0.717, 1.165) is 0 Å². The summed E-state index contributed by atoms with van der Waals surface area (Å²) in [6.45, 7) is 6.81. The minimum Gasteiger partial charge on any atom is -0.294 e. The van der Waals surface area contributed by atoms with E-state index in [0.29, 0.717) is 30.0 Å². The zero-order valence-electron chi connectivity index (χ0n) is 7.66. The standard InChI is InChI=1S/C11H10ClNO/c1-13-10-5-2-4-9(8-10)11(14)6-3-7-12/h2,4-5,8H,3,6-7H2. The van der Waals surface area contributed by atoms with Gasteiger partial charge in [-0.3, -0.25) is 4.79 Å². The molecule has 3 heteroatoms. The van der Waals surface area contributed by atoms with Gasteiger partial charge in [0.2, 0.25) is 0 Å². The summed E-state index contributed by atoms with van der Waals surface area (Å²) in [5.74, 6) is 0.546. The molecule has 0 saturated carbocycles. The highest BCUT2D eigenvalue weighted by Gasteiger charge is 2.05. The van der Waals surface area contributed by atoms with Crippen LogP contribution in [0.1, 0.15) is 23.2 Å². The lowest BCUT2D eigenvalue weighted by Crippen LogP contribution is -1.98. The Labute approximate surface area is 88.3 Å². The number of carbonyl (C=O) groups excluding carboxylic acids is 1. The Bertz CT molecular complexity index is 368. The second-order valence-corrected chi connectivity index (χ2v) is 3.26. The first-order valence-electron chi connectivity index (χ1n) is 4.34. The topological polar surface area (TPSA) is 21.4 Å². The Morgan fingerprint density at radius 3 is 2.93 bits per heavy atom. The minimum atomic E-state index is 0.0520. The van der Waals surface area contributed by atoms with Crippen LogP contribution in [0.3, 0.4) is 0 Å². The van der Waals surface area contributed by atoms with Crippen molar-refractivity contribution in [3.63, 3.8) is 0 Å². The van der Waals surface area contributed by atoms with Crippen LogP contribution in [0.2, 0.25) is 0 Å². The normalized spacial score (nSPS) is 9.43. The molecule has 0 N–H and O–H groups in total. The highest BCUT2D eigenvalue weighted by molar-refractivity contribution is 6.18. The van der Waals surface area contributed by atoms with Gasteiger partial charge in [0.1, 0.15) is 0 Å². The molecule has 0 heterocycles.